The number of aromatic nitrogens is 3. The number of hydrogen-bond donors (Lipinski definition) is 0. The van der Waals surface area contributed by atoms with E-state index in [4.69, 9.17) is 0 Å². The largest absolute Gasteiger partial charge is 0.334 e. The van der Waals surface area contributed by atoms with E-state index in [2.05, 4.69) is 17.2 Å². The van der Waals surface area contributed by atoms with Crippen molar-refractivity contribution in [3.05, 3.63) is 46.3 Å². The van der Waals surface area contributed by atoms with Crippen LogP contribution in [0.4, 0.5) is 5.69 Å². The number of carbonyl (C=O) groups excluding carboxylic acids is 1. The highest BCUT2D eigenvalue weighted by atomic mass is 16.6. The second kappa shape index (κ2) is 7.09. The molecule has 0 radical (unpaired) electrons. The van der Waals surface area contributed by atoms with Crippen molar-refractivity contribution in [2.24, 2.45) is 11.8 Å². The molecule has 8 nitrogen and oxygen atoms in total. The monoisotopic (exact) mass is 369 g/mol. The normalized spacial score (nSPS) is 25.1. The smallest absolute Gasteiger partial charge is 0.276 e. The van der Waals surface area contributed by atoms with Gasteiger partial charge in [0.1, 0.15) is 0 Å². The van der Waals surface area contributed by atoms with E-state index >= 15 is 0 Å². The van der Waals surface area contributed by atoms with Crippen LogP contribution in [0.3, 0.4) is 0 Å². The minimum atomic E-state index is -0.454. The summed E-state index contributed by atoms with van der Waals surface area (Å²) in [5.74, 6) is 1.14. The predicted octanol–water partition coefficient (Wildman–Crippen LogP) is 3.22. The number of non-ortho nitro benzene ring substituents is 1. The number of hydrogen-bond acceptors (Lipinski definition) is 5. The molecule has 2 heterocycles. The van der Waals surface area contributed by atoms with Crippen LogP contribution in [-0.4, -0.2) is 43.3 Å². The van der Waals surface area contributed by atoms with Crippen LogP contribution in [0, 0.1) is 22.0 Å². The summed E-state index contributed by atoms with van der Waals surface area (Å²) in [7, 11) is 0. The highest BCUT2D eigenvalue weighted by Gasteiger charge is 2.40. The highest BCUT2D eigenvalue weighted by Crippen LogP contribution is 2.39. The summed E-state index contributed by atoms with van der Waals surface area (Å²) in [4.78, 5) is 25.6. The summed E-state index contributed by atoms with van der Waals surface area (Å²) < 4.78 is 1.42. The summed E-state index contributed by atoms with van der Waals surface area (Å²) in [6.07, 6.45) is 7.24. The molecule has 1 aromatic heterocycles. The van der Waals surface area contributed by atoms with Gasteiger partial charge in [0.2, 0.25) is 0 Å². The fraction of sp³-hybridized carbons (Fsp3) is 0.526. The maximum Gasteiger partial charge on any atom is 0.276 e. The van der Waals surface area contributed by atoms with Gasteiger partial charge in [0, 0.05) is 24.7 Å². The molecule has 4 rings (SSSR count). The fourth-order valence-electron chi connectivity index (χ4n) is 4.55. The Morgan fingerprint density at radius 1 is 1.26 bits per heavy atom. The summed E-state index contributed by atoms with van der Waals surface area (Å²) in [5, 5.41) is 19.0. The van der Waals surface area contributed by atoms with E-state index in [1.165, 1.54) is 29.7 Å². The molecule has 3 atom stereocenters. The van der Waals surface area contributed by atoms with E-state index in [1.807, 2.05) is 4.90 Å². The molecule has 1 amide bonds. The molecule has 8 heteroatoms. The van der Waals surface area contributed by atoms with Crippen molar-refractivity contribution in [1.82, 2.24) is 19.9 Å². The van der Waals surface area contributed by atoms with Gasteiger partial charge in [-0.2, -0.15) is 0 Å². The Morgan fingerprint density at radius 3 is 2.89 bits per heavy atom. The topological polar surface area (TPSA) is 94.2 Å². The quantitative estimate of drug-likeness (QED) is 0.611. The van der Waals surface area contributed by atoms with Gasteiger partial charge in [-0.1, -0.05) is 31.0 Å². The standard InChI is InChI=1S/C19H23N5O3/c1-13-9-10-22(18-8-3-2-7-16(13)18)19(25)17-12-23(21-20-17)14-5-4-6-15(11-14)24(26)27/h4-6,11-13,16,18H,2-3,7-10H2,1H3/t13-,16+,18-/m1/s1. The molecular weight excluding hydrogens is 346 g/mol. The number of nitro groups is 1. The van der Waals surface area contributed by atoms with Crippen molar-refractivity contribution >= 4 is 11.6 Å². The van der Waals surface area contributed by atoms with Gasteiger partial charge in [-0.3, -0.25) is 14.9 Å². The summed E-state index contributed by atoms with van der Waals surface area (Å²) in [5.41, 5.74) is 0.782. The molecule has 1 aromatic carbocycles. The van der Waals surface area contributed by atoms with Crippen LogP contribution < -0.4 is 0 Å². The van der Waals surface area contributed by atoms with Crippen molar-refractivity contribution in [3.8, 4) is 5.69 Å². The first kappa shape index (κ1) is 17.6. The Labute approximate surface area is 157 Å². The Kier molecular flexibility index (Phi) is 4.63. The van der Waals surface area contributed by atoms with Gasteiger partial charge < -0.3 is 4.90 Å². The van der Waals surface area contributed by atoms with Crippen LogP contribution >= 0.6 is 0 Å². The maximum atomic E-state index is 13.1. The highest BCUT2D eigenvalue weighted by molar-refractivity contribution is 5.92. The molecule has 1 saturated heterocycles. The lowest BCUT2D eigenvalue weighted by molar-refractivity contribution is -0.384. The first-order valence-corrected chi connectivity index (χ1v) is 9.53. The lowest BCUT2D eigenvalue weighted by Gasteiger charge is -2.47. The summed E-state index contributed by atoms with van der Waals surface area (Å²) in [6.45, 7) is 3.05. The zero-order valence-corrected chi connectivity index (χ0v) is 15.3. The first-order valence-electron chi connectivity index (χ1n) is 9.53. The molecule has 0 unspecified atom stereocenters. The number of nitrogens with zero attached hydrogens (tertiary/aromatic N) is 5. The van der Waals surface area contributed by atoms with Crippen molar-refractivity contribution in [3.63, 3.8) is 0 Å². The van der Waals surface area contributed by atoms with Gasteiger partial charge in [0.05, 0.1) is 16.8 Å². The predicted molar refractivity (Wildman–Crippen MR) is 98.6 cm³/mol. The van der Waals surface area contributed by atoms with Gasteiger partial charge in [-0.25, -0.2) is 4.68 Å². The van der Waals surface area contributed by atoms with Crippen molar-refractivity contribution in [2.75, 3.05) is 6.54 Å². The average Bonchev–Trinajstić information content (AvgIpc) is 3.18. The number of rotatable bonds is 3. The number of amides is 1. The molecule has 2 aliphatic rings. The molecule has 0 N–H and O–H groups in total. The second-order valence-electron chi connectivity index (χ2n) is 7.61. The van der Waals surface area contributed by atoms with Gasteiger partial charge in [-0.05, 0) is 37.2 Å². The second-order valence-corrected chi connectivity index (χ2v) is 7.61. The minimum absolute atomic E-state index is 0.0223. The van der Waals surface area contributed by atoms with Gasteiger partial charge in [0.25, 0.3) is 11.6 Å². The molecule has 27 heavy (non-hydrogen) atoms. The Bertz CT molecular complexity index is 865. The van der Waals surface area contributed by atoms with Crippen LogP contribution in [-0.2, 0) is 0 Å². The molecule has 1 saturated carbocycles. The van der Waals surface area contributed by atoms with Crippen molar-refractivity contribution < 1.29 is 9.72 Å². The van der Waals surface area contributed by atoms with Crippen molar-refractivity contribution in [1.29, 1.82) is 0 Å². The third kappa shape index (κ3) is 3.31. The maximum absolute atomic E-state index is 13.1. The molecule has 0 spiro atoms. The fourth-order valence-corrected chi connectivity index (χ4v) is 4.55. The van der Waals surface area contributed by atoms with Crippen LogP contribution in [0.1, 0.15) is 49.5 Å². The number of nitro benzene ring substituents is 1. The zero-order valence-electron chi connectivity index (χ0n) is 15.3. The van der Waals surface area contributed by atoms with E-state index in [1.54, 1.807) is 18.3 Å². The first-order chi connectivity index (χ1) is 13.0. The molecule has 1 aliphatic carbocycles. The SMILES string of the molecule is C[C@@H]1CCN(C(=O)c2cn(-c3cccc([N+](=O)[O-])c3)nn2)[C@@H]2CCCC[C@@H]12. The van der Waals surface area contributed by atoms with E-state index in [-0.39, 0.29) is 17.6 Å². The minimum Gasteiger partial charge on any atom is -0.334 e. The molecule has 0 bridgehead atoms. The molecular formula is C19H23N5O3. The molecule has 1 aliphatic heterocycles. The van der Waals surface area contributed by atoms with Crippen LogP contribution in [0.15, 0.2) is 30.5 Å². The Hall–Kier alpha value is -2.77. The van der Waals surface area contributed by atoms with Gasteiger partial charge >= 0.3 is 0 Å². The van der Waals surface area contributed by atoms with Gasteiger partial charge in [-0.15, -0.1) is 5.10 Å². The van der Waals surface area contributed by atoms with E-state index in [9.17, 15) is 14.9 Å². The number of benzene rings is 1. The Balaban J connectivity index is 1.57. The average molecular weight is 369 g/mol. The van der Waals surface area contributed by atoms with E-state index < -0.39 is 4.92 Å². The summed E-state index contributed by atoms with van der Waals surface area (Å²) in [6, 6.07) is 6.43. The van der Waals surface area contributed by atoms with Crippen LogP contribution in [0.2, 0.25) is 0 Å². The summed E-state index contributed by atoms with van der Waals surface area (Å²) >= 11 is 0. The molecule has 142 valence electrons. The lowest BCUT2D eigenvalue weighted by Crippen LogP contribution is -2.52. The van der Waals surface area contributed by atoms with E-state index in [0.29, 0.717) is 23.2 Å². The lowest BCUT2D eigenvalue weighted by atomic mass is 9.72. The Morgan fingerprint density at radius 2 is 2.07 bits per heavy atom. The molecule has 2 fully saturated rings. The third-order valence-electron chi connectivity index (χ3n) is 6.02. The van der Waals surface area contributed by atoms with E-state index in [0.717, 1.165) is 25.8 Å². The number of carbonyl (C=O) groups is 1. The number of likely N-dealkylation sites (tertiary alicyclic amines) is 1. The van der Waals surface area contributed by atoms with Crippen molar-refractivity contribution in [2.45, 2.75) is 45.1 Å². The molecule has 2 aromatic rings. The number of fused-ring (bicyclic) bond motifs is 1. The van der Waals surface area contributed by atoms with Crippen LogP contribution in [0.5, 0.6) is 0 Å². The van der Waals surface area contributed by atoms with Gasteiger partial charge in [0.15, 0.2) is 5.69 Å². The number of piperidine rings is 1. The van der Waals surface area contributed by atoms with Crippen LogP contribution in [0.25, 0.3) is 5.69 Å². The zero-order chi connectivity index (χ0) is 19.0. The third-order valence-corrected chi connectivity index (χ3v) is 6.02.